The molecule has 0 spiro atoms. The first-order valence-corrected chi connectivity index (χ1v) is 24.7. The van der Waals surface area contributed by atoms with Crippen molar-refractivity contribution in [2.75, 3.05) is 85.7 Å². The molecule has 0 rings (SSSR count). The molecule has 66 heavy (non-hydrogen) atoms. The quantitative estimate of drug-likeness (QED) is 0.0403. The van der Waals surface area contributed by atoms with Crippen LogP contribution in [0.3, 0.4) is 0 Å². The number of aliphatic carboxylic acids is 2. The van der Waals surface area contributed by atoms with Crippen molar-refractivity contribution in [2.24, 2.45) is 5.41 Å². The average Bonchev–Trinajstić information content (AvgIpc) is 3.26. The number of carboxylic acids is 2. The number of hydrogen-bond acceptors (Lipinski definition) is 12. The van der Waals surface area contributed by atoms with E-state index in [0.29, 0.717) is 32.6 Å². The van der Waals surface area contributed by atoms with E-state index in [1.54, 1.807) is 0 Å². The monoisotopic (exact) mass is 945 g/mol. The van der Waals surface area contributed by atoms with Gasteiger partial charge in [-0.15, -0.1) is 0 Å². The molecule has 1 atom stereocenters. The average molecular weight is 945 g/mol. The third-order valence-electron chi connectivity index (χ3n) is 10.5. The summed E-state index contributed by atoms with van der Waals surface area (Å²) in [6.45, 7) is 8.58. The van der Waals surface area contributed by atoms with Crippen LogP contribution in [-0.4, -0.2) is 143 Å². The second-order valence-corrected chi connectivity index (χ2v) is 17.7. The number of nitrogens with one attached hydrogen (secondary N) is 4. The van der Waals surface area contributed by atoms with Crippen LogP contribution in [0, 0.1) is 5.41 Å². The SMILES string of the molecule is CC(C)(C)C(=O)CCCCOCCNC(=O)COCCOCCNC(=O)COCCOCCNC(=O)CC[C@H](NC(=O)CCCCCCCCCCCCCCCCCCC(=O)O)C(=O)O. The smallest absolute Gasteiger partial charge is 0.326 e. The fraction of sp³-hybridized carbons (Fsp3) is 0.854. The van der Waals surface area contributed by atoms with Gasteiger partial charge >= 0.3 is 11.9 Å². The molecule has 0 fully saturated rings. The molecule has 0 aliphatic heterocycles. The highest BCUT2D eigenvalue weighted by atomic mass is 16.5. The maximum atomic E-state index is 12.4. The molecular weight excluding hydrogens is 857 g/mol. The van der Waals surface area contributed by atoms with Crippen LogP contribution >= 0.6 is 0 Å². The summed E-state index contributed by atoms with van der Waals surface area (Å²) in [6, 6.07) is -1.14. The number of ether oxygens (including phenoxy) is 5. The van der Waals surface area contributed by atoms with Crippen molar-refractivity contribution >= 4 is 41.4 Å². The van der Waals surface area contributed by atoms with Crippen molar-refractivity contribution in [2.45, 2.75) is 174 Å². The number of Topliss-reactive ketones (excluding diaryl/α,β-unsaturated/α-hetero) is 1. The Morgan fingerprint density at radius 1 is 0.409 bits per heavy atom. The molecule has 0 heterocycles. The van der Waals surface area contributed by atoms with Crippen molar-refractivity contribution < 1.29 is 67.5 Å². The molecular formula is C48H88N4O14. The third kappa shape index (κ3) is 44.1. The van der Waals surface area contributed by atoms with Crippen LogP contribution < -0.4 is 21.3 Å². The molecule has 4 amide bonds. The topological polar surface area (TPSA) is 254 Å². The van der Waals surface area contributed by atoms with Gasteiger partial charge in [0.1, 0.15) is 25.0 Å². The van der Waals surface area contributed by atoms with E-state index in [4.69, 9.17) is 28.8 Å². The van der Waals surface area contributed by atoms with E-state index in [1.807, 2.05) is 20.8 Å². The van der Waals surface area contributed by atoms with E-state index in [-0.39, 0.29) is 126 Å². The number of carbonyl (C=O) groups excluding carboxylic acids is 5. The number of carboxylic acid groups (broad SMARTS) is 2. The Hall–Kier alpha value is -3.71. The van der Waals surface area contributed by atoms with E-state index in [1.165, 1.54) is 57.8 Å². The molecule has 0 aromatic rings. The molecule has 18 nitrogen and oxygen atoms in total. The summed E-state index contributed by atoms with van der Waals surface area (Å²) in [6.07, 6.45) is 20.4. The normalized spacial score (nSPS) is 11.8. The van der Waals surface area contributed by atoms with Gasteiger partial charge < -0.3 is 55.2 Å². The van der Waals surface area contributed by atoms with Gasteiger partial charge in [0.05, 0.1) is 46.2 Å². The van der Waals surface area contributed by atoms with E-state index < -0.39 is 18.0 Å². The highest BCUT2D eigenvalue weighted by Crippen LogP contribution is 2.18. The molecule has 18 heteroatoms. The lowest BCUT2D eigenvalue weighted by atomic mass is 9.88. The van der Waals surface area contributed by atoms with E-state index in [0.717, 1.165) is 51.4 Å². The van der Waals surface area contributed by atoms with Gasteiger partial charge in [-0.25, -0.2) is 4.79 Å². The maximum absolute atomic E-state index is 12.4. The second kappa shape index (κ2) is 43.8. The molecule has 0 saturated carbocycles. The summed E-state index contributed by atoms with van der Waals surface area (Å²) in [5, 5.41) is 28.8. The van der Waals surface area contributed by atoms with E-state index in [2.05, 4.69) is 21.3 Å². The summed E-state index contributed by atoms with van der Waals surface area (Å²) < 4.78 is 26.9. The van der Waals surface area contributed by atoms with Gasteiger partial charge in [0.25, 0.3) is 0 Å². The summed E-state index contributed by atoms with van der Waals surface area (Å²) in [7, 11) is 0. The molecule has 0 aromatic carbocycles. The number of rotatable bonds is 48. The van der Waals surface area contributed by atoms with Gasteiger partial charge in [-0.1, -0.05) is 111 Å². The standard InChI is InChI=1S/C48H88N4O14/c1-48(2,3)41(53)22-20-21-30-62-31-28-50-44(56)38-66-37-35-64-33-29-51-45(57)39-65-36-34-63-32-27-49-42(54)26-25-40(47(60)61)52-43(55)23-18-16-14-12-10-8-6-4-5-7-9-11-13-15-17-19-24-46(58)59/h40H,4-39H2,1-3H3,(H,49,54)(H,50,56)(H,51,57)(H,52,55)(H,58,59)(H,60,61)/t40-/m0/s1. The molecule has 0 radical (unpaired) electrons. The van der Waals surface area contributed by atoms with Crippen molar-refractivity contribution in [3.63, 3.8) is 0 Å². The predicted octanol–water partition coefficient (Wildman–Crippen LogP) is 5.66. The minimum absolute atomic E-state index is 0.0237. The van der Waals surface area contributed by atoms with Crippen molar-refractivity contribution in [1.29, 1.82) is 0 Å². The molecule has 0 aliphatic carbocycles. The molecule has 0 bridgehead atoms. The van der Waals surface area contributed by atoms with Crippen LogP contribution in [0.5, 0.6) is 0 Å². The highest BCUT2D eigenvalue weighted by molar-refractivity contribution is 5.84. The van der Waals surface area contributed by atoms with Gasteiger partial charge in [0.2, 0.25) is 23.6 Å². The lowest BCUT2D eigenvalue weighted by Crippen LogP contribution is -2.41. The molecule has 384 valence electrons. The summed E-state index contributed by atoms with van der Waals surface area (Å²) >= 11 is 0. The summed E-state index contributed by atoms with van der Waals surface area (Å²) in [5.74, 6) is -2.89. The number of carbonyl (C=O) groups is 7. The third-order valence-corrected chi connectivity index (χ3v) is 10.5. The molecule has 0 saturated heterocycles. The first-order valence-electron chi connectivity index (χ1n) is 24.7. The Morgan fingerprint density at radius 2 is 0.788 bits per heavy atom. The Morgan fingerprint density at radius 3 is 1.21 bits per heavy atom. The van der Waals surface area contributed by atoms with Crippen LogP contribution in [0.1, 0.15) is 168 Å². The first kappa shape index (κ1) is 62.3. The van der Waals surface area contributed by atoms with Crippen LogP contribution in [-0.2, 0) is 57.2 Å². The van der Waals surface area contributed by atoms with Gasteiger partial charge in [0.15, 0.2) is 0 Å². The highest BCUT2D eigenvalue weighted by Gasteiger charge is 2.21. The van der Waals surface area contributed by atoms with Crippen molar-refractivity contribution in [3.05, 3.63) is 0 Å². The molecule has 0 aromatic heterocycles. The Labute approximate surface area is 394 Å². The second-order valence-electron chi connectivity index (χ2n) is 17.7. The van der Waals surface area contributed by atoms with Gasteiger partial charge in [-0.3, -0.25) is 28.8 Å². The first-order chi connectivity index (χ1) is 31.7. The molecule has 6 N–H and O–H groups in total. The minimum Gasteiger partial charge on any atom is -0.481 e. The van der Waals surface area contributed by atoms with Crippen LogP contribution in [0.25, 0.3) is 0 Å². The number of ketones is 1. The Balaban J connectivity index is 3.62. The fourth-order valence-corrected chi connectivity index (χ4v) is 6.55. The zero-order valence-corrected chi connectivity index (χ0v) is 40.8. The Bertz CT molecular complexity index is 1300. The Kier molecular flexibility index (Phi) is 41.4. The zero-order valence-electron chi connectivity index (χ0n) is 40.8. The van der Waals surface area contributed by atoms with E-state index >= 15 is 0 Å². The van der Waals surface area contributed by atoms with E-state index in [9.17, 15) is 38.7 Å². The lowest BCUT2D eigenvalue weighted by Gasteiger charge is -2.16. The van der Waals surface area contributed by atoms with Gasteiger partial charge in [0, 0.05) is 57.3 Å². The summed E-state index contributed by atoms with van der Waals surface area (Å²) in [5.41, 5.74) is -0.312. The van der Waals surface area contributed by atoms with Crippen LogP contribution in [0.4, 0.5) is 0 Å². The maximum Gasteiger partial charge on any atom is 0.326 e. The fourth-order valence-electron chi connectivity index (χ4n) is 6.55. The largest absolute Gasteiger partial charge is 0.481 e. The van der Waals surface area contributed by atoms with Crippen molar-refractivity contribution in [1.82, 2.24) is 21.3 Å². The van der Waals surface area contributed by atoms with Crippen molar-refractivity contribution in [3.8, 4) is 0 Å². The number of amides is 4. The van der Waals surface area contributed by atoms with Gasteiger partial charge in [-0.2, -0.15) is 0 Å². The summed E-state index contributed by atoms with van der Waals surface area (Å²) in [4.78, 5) is 82.5. The predicted molar refractivity (Wildman–Crippen MR) is 251 cm³/mol. The molecule has 0 unspecified atom stereocenters. The zero-order chi connectivity index (χ0) is 48.9. The lowest BCUT2D eigenvalue weighted by molar-refractivity contribution is -0.142. The number of hydrogen-bond donors (Lipinski definition) is 6. The minimum atomic E-state index is -1.18. The van der Waals surface area contributed by atoms with Crippen LogP contribution in [0.15, 0.2) is 0 Å². The van der Waals surface area contributed by atoms with Crippen LogP contribution in [0.2, 0.25) is 0 Å². The molecule has 0 aliphatic rings. The number of unbranched alkanes of at least 4 members (excludes halogenated alkanes) is 16. The van der Waals surface area contributed by atoms with Gasteiger partial charge in [-0.05, 0) is 32.1 Å².